The molecule has 0 aliphatic rings. The van der Waals surface area contributed by atoms with Gasteiger partial charge in [0.2, 0.25) is 0 Å². The van der Waals surface area contributed by atoms with Crippen molar-refractivity contribution >= 4 is 33.3 Å². The number of hydrogen-bond donors (Lipinski definition) is 0. The Morgan fingerprint density at radius 1 is 1.24 bits per heavy atom. The third-order valence-corrected chi connectivity index (χ3v) is 3.63. The van der Waals surface area contributed by atoms with E-state index in [1.54, 1.807) is 18.2 Å². The summed E-state index contributed by atoms with van der Waals surface area (Å²) < 4.78 is 0.795. The largest absolute Gasteiger partial charge is 0.294 e. The van der Waals surface area contributed by atoms with Crippen molar-refractivity contribution in [3.8, 4) is 0 Å². The van der Waals surface area contributed by atoms with Crippen LogP contribution < -0.4 is 0 Å². The van der Waals surface area contributed by atoms with E-state index in [1.807, 2.05) is 0 Å². The second kappa shape index (κ2) is 7.88. The quantitative estimate of drug-likeness (QED) is 0.469. The van der Waals surface area contributed by atoms with Gasteiger partial charge in [0, 0.05) is 21.5 Å². The lowest BCUT2D eigenvalue weighted by atomic mass is 10.0. The highest BCUT2D eigenvalue weighted by Gasteiger charge is 2.09. The Labute approximate surface area is 117 Å². The van der Waals surface area contributed by atoms with Crippen LogP contribution in [-0.4, -0.2) is 5.78 Å². The molecule has 0 fully saturated rings. The number of ketones is 1. The number of rotatable bonds is 7. The molecule has 0 saturated carbocycles. The molecule has 0 aromatic heterocycles. The summed E-state index contributed by atoms with van der Waals surface area (Å²) in [6, 6.07) is 5.32. The van der Waals surface area contributed by atoms with Crippen LogP contribution in [0, 0.1) is 0 Å². The van der Waals surface area contributed by atoms with Gasteiger partial charge in [0.1, 0.15) is 0 Å². The molecule has 0 amide bonds. The van der Waals surface area contributed by atoms with Crippen molar-refractivity contribution in [2.75, 3.05) is 0 Å². The molecule has 0 spiro atoms. The average Bonchev–Trinajstić information content (AvgIpc) is 2.28. The van der Waals surface area contributed by atoms with Crippen LogP contribution in [0.4, 0.5) is 0 Å². The Balaban J connectivity index is 2.42. The van der Waals surface area contributed by atoms with Crippen molar-refractivity contribution in [1.29, 1.82) is 0 Å². The molecule has 1 aromatic rings. The van der Waals surface area contributed by atoms with Gasteiger partial charge in [-0.15, -0.1) is 0 Å². The minimum atomic E-state index is 0.199. The molecule has 1 aromatic carbocycles. The molecule has 0 atom stereocenters. The fraction of sp³-hybridized carbons (Fsp3) is 0.500. The van der Waals surface area contributed by atoms with Crippen molar-refractivity contribution in [1.82, 2.24) is 0 Å². The number of carbonyl (C=O) groups is 1. The topological polar surface area (TPSA) is 17.1 Å². The summed E-state index contributed by atoms with van der Waals surface area (Å²) in [7, 11) is 0. The van der Waals surface area contributed by atoms with Crippen molar-refractivity contribution in [3.05, 3.63) is 33.3 Å². The molecule has 0 heterocycles. The maximum absolute atomic E-state index is 11.9. The average molecular weight is 318 g/mol. The van der Waals surface area contributed by atoms with E-state index in [0.29, 0.717) is 11.4 Å². The highest BCUT2D eigenvalue weighted by molar-refractivity contribution is 9.10. The third-order valence-electron chi connectivity index (χ3n) is 2.74. The number of benzene rings is 1. The number of unbranched alkanes of at least 4 members (excludes halogenated alkanes) is 4. The van der Waals surface area contributed by atoms with Gasteiger partial charge in [0.15, 0.2) is 5.78 Å². The summed E-state index contributed by atoms with van der Waals surface area (Å²) in [4.78, 5) is 11.9. The second-order valence-electron chi connectivity index (χ2n) is 4.21. The van der Waals surface area contributed by atoms with E-state index in [4.69, 9.17) is 11.6 Å². The molecule has 3 heteroatoms. The van der Waals surface area contributed by atoms with E-state index >= 15 is 0 Å². The number of Topliss-reactive ketones (excluding diaryl/α,β-unsaturated/α-hetero) is 1. The molecule has 0 radical (unpaired) electrons. The summed E-state index contributed by atoms with van der Waals surface area (Å²) in [5.41, 5.74) is 0.741. The van der Waals surface area contributed by atoms with Gasteiger partial charge < -0.3 is 0 Å². The van der Waals surface area contributed by atoms with Gasteiger partial charge in [-0.25, -0.2) is 0 Å². The molecular formula is C14H18BrClO. The standard InChI is InChI=1S/C14H18BrClO/c1-2-3-4-5-6-7-14(17)12-9-8-11(16)10-13(12)15/h8-10H,2-7H2,1H3. The summed E-state index contributed by atoms with van der Waals surface area (Å²) in [5, 5.41) is 0.649. The zero-order valence-electron chi connectivity index (χ0n) is 10.1. The van der Waals surface area contributed by atoms with E-state index in [1.165, 1.54) is 19.3 Å². The minimum absolute atomic E-state index is 0.199. The van der Waals surface area contributed by atoms with E-state index in [2.05, 4.69) is 22.9 Å². The molecule has 0 N–H and O–H groups in total. The van der Waals surface area contributed by atoms with Crippen LogP contribution in [0.5, 0.6) is 0 Å². The Kier molecular flexibility index (Phi) is 6.83. The van der Waals surface area contributed by atoms with Gasteiger partial charge in [-0.05, 0) is 40.5 Å². The lowest BCUT2D eigenvalue weighted by Gasteiger charge is -2.04. The number of carbonyl (C=O) groups excluding carboxylic acids is 1. The molecule has 0 aliphatic heterocycles. The first-order valence-electron chi connectivity index (χ1n) is 6.13. The molecule has 17 heavy (non-hydrogen) atoms. The fourth-order valence-electron chi connectivity index (χ4n) is 1.74. The maximum atomic E-state index is 11.9. The van der Waals surface area contributed by atoms with E-state index in [0.717, 1.165) is 22.9 Å². The lowest BCUT2D eigenvalue weighted by Crippen LogP contribution is -2.00. The first-order chi connectivity index (χ1) is 8.15. The Morgan fingerprint density at radius 2 is 1.94 bits per heavy atom. The Bertz CT molecular complexity index is 376. The van der Waals surface area contributed by atoms with Crippen LogP contribution >= 0.6 is 27.5 Å². The van der Waals surface area contributed by atoms with Crippen LogP contribution in [0.2, 0.25) is 5.02 Å². The van der Waals surface area contributed by atoms with E-state index in [9.17, 15) is 4.79 Å². The minimum Gasteiger partial charge on any atom is -0.294 e. The van der Waals surface area contributed by atoms with Crippen LogP contribution in [0.15, 0.2) is 22.7 Å². The number of halogens is 2. The molecule has 1 nitrogen and oxygen atoms in total. The first-order valence-corrected chi connectivity index (χ1v) is 7.30. The molecule has 94 valence electrons. The van der Waals surface area contributed by atoms with Crippen molar-refractivity contribution < 1.29 is 4.79 Å². The SMILES string of the molecule is CCCCCCCC(=O)c1ccc(Cl)cc1Br. The second-order valence-corrected chi connectivity index (χ2v) is 5.50. The van der Waals surface area contributed by atoms with Gasteiger partial charge in [-0.1, -0.05) is 44.2 Å². The van der Waals surface area contributed by atoms with E-state index < -0.39 is 0 Å². The van der Waals surface area contributed by atoms with Crippen molar-refractivity contribution in [2.24, 2.45) is 0 Å². The van der Waals surface area contributed by atoms with Crippen molar-refractivity contribution in [3.63, 3.8) is 0 Å². The van der Waals surface area contributed by atoms with Gasteiger partial charge >= 0.3 is 0 Å². The van der Waals surface area contributed by atoms with Gasteiger partial charge in [0.05, 0.1) is 0 Å². The first kappa shape index (κ1) is 14.7. The summed E-state index contributed by atoms with van der Waals surface area (Å²) in [6.45, 7) is 2.19. The molecule has 0 unspecified atom stereocenters. The molecule has 0 aliphatic carbocycles. The smallest absolute Gasteiger partial charge is 0.164 e. The maximum Gasteiger partial charge on any atom is 0.164 e. The zero-order valence-corrected chi connectivity index (χ0v) is 12.5. The predicted molar refractivity (Wildman–Crippen MR) is 76.9 cm³/mol. The van der Waals surface area contributed by atoms with Crippen LogP contribution in [-0.2, 0) is 0 Å². The molecular weight excluding hydrogens is 300 g/mol. The van der Waals surface area contributed by atoms with Crippen LogP contribution in [0.3, 0.4) is 0 Å². The number of hydrogen-bond acceptors (Lipinski definition) is 1. The van der Waals surface area contributed by atoms with Gasteiger partial charge in [-0.3, -0.25) is 4.79 Å². The molecule has 0 bridgehead atoms. The molecule has 1 rings (SSSR count). The van der Waals surface area contributed by atoms with Crippen LogP contribution in [0.1, 0.15) is 55.8 Å². The van der Waals surface area contributed by atoms with Crippen LogP contribution in [0.25, 0.3) is 0 Å². The third kappa shape index (κ3) is 5.22. The Hall–Kier alpha value is -0.340. The monoisotopic (exact) mass is 316 g/mol. The highest BCUT2D eigenvalue weighted by atomic mass is 79.9. The fourth-order valence-corrected chi connectivity index (χ4v) is 2.64. The summed E-state index contributed by atoms with van der Waals surface area (Å²) in [6.07, 6.45) is 6.48. The lowest BCUT2D eigenvalue weighted by molar-refractivity contribution is 0.0978. The summed E-state index contributed by atoms with van der Waals surface area (Å²) in [5.74, 6) is 0.199. The zero-order chi connectivity index (χ0) is 12.7. The van der Waals surface area contributed by atoms with Gasteiger partial charge in [-0.2, -0.15) is 0 Å². The molecule has 0 saturated heterocycles. The highest BCUT2D eigenvalue weighted by Crippen LogP contribution is 2.23. The predicted octanol–water partition coefficient (Wildman–Crippen LogP) is 5.65. The van der Waals surface area contributed by atoms with Gasteiger partial charge in [0.25, 0.3) is 0 Å². The normalized spacial score (nSPS) is 10.5. The Morgan fingerprint density at radius 3 is 2.59 bits per heavy atom. The van der Waals surface area contributed by atoms with E-state index in [-0.39, 0.29) is 5.78 Å². The summed E-state index contributed by atoms with van der Waals surface area (Å²) >= 11 is 9.22. The van der Waals surface area contributed by atoms with Crippen molar-refractivity contribution in [2.45, 2.75) is 45.4 Å².